The lowest BCUT2D eigenvalue weighted by molar-refractivity contribution is 0.646. The van der Waals surface area contributed by atoms with E-state index in [2.05, 4.69) is 64.1 Å². The van der Waals surface area contributed by atoms with Crippen LogP contribution in [0.25, 0.3) is 11.0 Å². The molecule has 21 heavy (non-hydrogen) atoms. The van der Waals surface area contributed by atoms with Crippen LogP contribution in [-0.4, -0.2) is 35.1 Å². The van der Waals surface area contributed by atoms with E-state index in [1.165, 1.54) is 5.52 Å². The van der Waals surface area contributed by atoms with Crippen LogP contribution in [0.15, 0.2) is 29.3 Å². The summed E-state index contributed by atoms with van der Waals surface area (Å²) >= 11 is 0. The van der Waals surface area contributed by atoms with Crippen LogP contribution in [0.5, 0.6) is 0 Å². The molecule has 0 aliphatic rings. The second kappa shape index (κ2) is 7.67. The molecule has 2 rings (SSSR count). The number of benzene rings is 1. The Labute approximate surface area is 126 Å². The van der Waals surface area contributed by atoms with Gasteiger partial charge in [0.15, 0.2) is 5.96 Å². The van der Waals surface area contributed by atoms with E-state index in [1.807, 2.05) is 6.07 Å². The van der Waals surface area contributed by atoms with Crippen LogP contribution >= 0.6 is 0 Å². The first-order chi connectivity index (χ1) is 10.3. The fourth-order valence-corrected chi connectivity index (χ4v) is 2.41. The maximum atomic E-state index is 4.59. The fraction of sp³-hybridized carbons (Fsp3) is 0.500. The minimum absolute atomic E-state index is 0.807. The third-order valence-electron chi connectivity index (χ3n) is 3.34. The first-order valence-corrected chi connectivity index (χ1v) is 7.70. The van der Waals surface area contributed by atoms with Gasteiger partial charge in [-0.2, -0.15) is 0 Å². The number of hydrogen-bond acceptors (Lipinski definition) is 2. The molecule has 0 atom stereocenters. The van der Waals surface area contributed by atoms with Crippen LogP contribution in [0.1, 0.15) is 26.1 Å². The Hall–Kier alpha value is -2.04. The lowest BCUT2D eigenvalue weighted by Crippen LogP contribution is -2.37. The van der Waals surface area contributed by atoms with Gasteiger partial charge in [-0.25, -0.2) is 4.98 Å². The van der Waals surface area contributed by atoms with Crippen molar-refractivity contribution in [2.75, 3.05) is 19.6 Å². The van der Waals surface area contributed by atoms with Crippen molar-refractivity contribution >= 4 is 17.0 Å². The molecule has 1 aromatic carbocycles. The van der Waals surface area contributed by atoms with E-state index in [1.54, 1.807) is 0 Å². The fourth-order valence-electron chi connectivity index (χ4n) is 2.41. The number of aliphatic imine (C=N–C) groups is 1. The Bertz CT molecular complexity index is 592. The van der Waals surface area contributed by atoms with Gasteiger partial charge in [-0.15, -0.1) is 0 Å². The highest BCUT2D eigenvalue weighted by Gasteiger charge is 2.05. The zero-order valence-electron chi connectivity index (χ0n) is 13.2. The van der Waals surface area contributed by atoms with Gasteiger partial charge < -0.3 is 15.2 Å². The summed E-state index contributed by atoms with van der Waals surface area (Å²) in [4.78, 5) is 9.16. The van der Waals surface area contributed by atoms with Crippen molar-refractivity contribution in [1.82, 2.24) is 20.2 Å². The summed E-state index contributed by atoms with van der Waals surface area (Å²) in [5.41, 5.74) is 2.28. The van der Waals surface area contributed by atoms with Crippen molar-refractivity contribution in [3.8, 4) is 0 Å². The van der Waals surface area contributed by atoms with Crippen molar-refractivity contribution < 1.29 is 0 Å². The number of imidazole rings is 1. The maximum Gasteiger partial charge on any atom is 0.191 e. The molecule has 0 aliphatic heterocycles. The summed E-state index contributed by atoms with van der Waals surface area (Å²) in [6, 6.07) is 8.28. The number of rotatable bonds is 6. The molecule has 0 fully saturated rings. The smallest absolute Gasteiger partial charge is 0.191 e. The van der Waals surface area contributed by atoms with Crippen molar-refractivity contribution in [3.05, 3.63) is 30.1 Å². The predicted molar refractivity (Wildman–Crippen MR) is 88.7 cm³/mol. The summed E-state index contributed by atoms with van der Waals surface area (Å²) < 4.78 is 2.27. The van der Waals surface area contributed by atoms with Gasteiger partial charge in [-0.05, 0) is 39.3 Å². The zero-order chi connectivity index (χ0) is 15.1. The monoisotopic (exact) mass is 287 g/mol. The van der Waals surface area contributed by atoms with Crippen molar-refractivity contribution in [3.63, 3.8) is 0 Å². The van der Waals surface area contributed by atoms with Crippen LogP contribution in [0.3, 0.4) is 0 Å². The standard InChI is InChI=1S/C16H25N5/c1-4-17-16(18-5-2)19-11-8-12-21-13(3)20-14-9-6-7-10-15(14)21/h6-7,9-10H,4-5,8,11-12H2,1-3H3,(H2,17,18,19). The number of aryl methyl sites for hydroxylation is 2. The molecule has 5 heteroatoms. The van der Waals surface area contributed by atoms with Crippen LogP contribution in [0.2, 0.25) is 0 Å². The van der Waals surface area contributed by atoms with E-state index in [0.717, 1.165) is 49.9 Å². The van der Waals surface area contributed by atoms with Crippen LogP contribution in [0.4, 0.5) is 0 Å². The molecule has 1 aromatic heterocycles. The Morgan fingerprint density at radius 3 is 2.62 bits per heavy atom. The quantitative estimate of drug-likeness (QED) is 0.487. The Morgan fingerprint density at radius 2 is 1.90 bits per heavy atom. The van der Waals surface area contributed by atoms with E-state index >= 15 is 0 Å². The molecule has 0 unspecified atom stereocenters. The Balaban J connectivity index is 1.96. The molecule has 1 heterocycles. The van der Waals surface area contributed by atoms with Crippen LogP contribution < -0.4 is 10.6 Å². The predicted octanol–water partition coefficient (Wildman–Crippen LogP) is 2.31. The van der Waals surface area contributed by atoms with Gasteiger partial charge in [-0.3, -0.25) is 4.99 Å². The second-order valence-electron chi connectivity index (χ2n) is 4.94. The summed E-state index contributed by atoms with van der Waals surface area (Å²) in [7, 11) is 0. The number of para-hydroxylation sites is 2. The van der Waals surface area contributed by atoms with Gasteiger partial charge in [0, 0.05) is 26.2 Å². The molecule has 0 spiro atoms. The highest BCUT2D eigenvalue weighted by molar-refractivity contribution is 5.79. The molecule has 114 valence electrons. The van der Waals surface area contributed by atoms with Gasteiger partial charge in [0.05, 0.1) is 11.0 Å². The lowest BCUT2D eigenvalue weighted by Gasteiger charge is -2.09. The van der Waals surface area contributed by atoms with E-state index in [9.17, 15) is 0 Å². The lowest BCUT2D eigenvalue weighted by atomic mass is 10.3. The number of aromatic nitrogens is 2. The first-order valence-electron chi connectivity index (χ1n) is 7.70. The highest BCUT2D eigenvalue weighted by Crippen LogP contribution is 2.15. The number of nitrogens with one attached hydrogen (secondary N) is 2. The zero-order valence-corrected chi connectivity index (χ0v) is 13.2. The Kier molecular flexibility index (Phi) is 5.60. The minimum Gasteiger partial charge on any atom is -0.357 e. The first kappa shape index (κ1) is 15.4. The molecule has 0 amide bonds. The van der Waals surface area contributed by atoms with Crippen molar-refractivity contribution in [2.45, 2.75) is 33.7 Å². The highest BCUT2D eigenvalue weighted by atomic mass is 15.2. The molecule has 0 radical (unpaired) electrons. The van der Waals surface area contributed by atoms with Gasteiger partial charge in [-0.1, -0.05) is 12.1 Å². The van der Waals surface area contributed by atoms with Gasteiger partial charge in [0.25, 0.3) is 0 Å². The normalized spacial score (nSPS) is 10.6. The molecule has 5 nitrogen and oxygen atoms in total. The molecular formula is C16H25N5. The molecule has 0 bridgehead atoms. The number of fused-ring (bicyclic) bond motifs is 1. The minimum atomic E-state index is 0.807. The van der Waals surface area contributed by atoms with E-state index in [4.69, 9.17) is 0 Å². The van der Waals surface area contributed by atoms with Gasteiger partial charge in [0.2, 0.25) is 0 Å². The summed E-state index contributed by atoms with van der Waals surface area (Å²) in [5, 5.41) is 6.48. The summed E-state index contributed by atoms with van der Waals surface area (Å²) in [6.07, 6.45) is 1.00. The molecule has 0 saturated heterocycles. The maximum absolute atomic E-state index is 4.59. The largest absolute Gasteiger partial charge is 0.357 e. The number of hydrogen-bond donors (Lipinski definition) is 2. The number of guanidine groups is 1. The summed E-state index contributed by atoms with van der Waals surface area (Å²) in [5.74, 6) is 1.96. The topological polar surface area (TPSA) is 54.2 Å². The molecule has 2 aromatic rings. The average Bonchev–Trinajstić information content (AvgIpc) is 2.80. The molecule has 0 aliphatic carbocycles. The van der Waals surface area contributed by atoms with Crippen LogP contribution in [-0.2, 0) is 6.54 Å². The van der Waals surface area contributed by atoms with Crippen molar-refractivity contribution in [2.24, 2.45) is 4.99 Å². The van der Waals surface area contributed by atoms with E-state index < -0.39 is 0 Å². The molecule has 2 N–H and O–H groups in total. The van der Waals surface area contributed by atoms with Crippen LogP contribution in [0, 0.1) is 6.92 Å². The van der Waals surface area contributed by atoms with E-state index in [0.29, 0.717) is 0 Å². The SMILES string of the molecule is CCNC(=NCCCn1c(C)nc2ccccc21)NCC. The van der Waals surface area contributed by atoms with Crippen molar-refractivity contribution in [1.29, 1.82) is 0 Å². The second-order valence-corrected chi connectivity index (χ2v) is 4.94. The number of nitrogens with zero attached hydrogens (tertiary/aromatic N) is 3. The average molecular weight is 287 g/mol. The van der Waals surface area contributed by atoms with Gasteiger partial charge in [0.1, 0.15) is 5.82 Å². The summed E-state index contributed by atoms with van der Waals surface area (Å²) in [6.45, 7) is 9.74. The molecular weight excluding hydrogens is 262 g/mol. The van der Waals surface area contributed by atoms with E-state index in [-0.39, 0.29) is 0 Å². The third kappa shape index (κ3) is 3.97. The van der Waals surface area contributed by atoms with Gasteiger partial charge >= 0.3 is 0 Å². The molecule has 0 saturated carbocycles. The third-order valence-corrected chi connectivity index (χ3v) is 3.34. The Morgan fingerprint density at radius 1 is 1.19 bits per heavy atom.